The van der Waals surface area contributed by atoms with Crippen LogP contribution in [0.25, 0.3) is 77.2 Å². The van der Waals surface area contributed by atoms with Crippen molar-refractivity contribution in [2.24, 2.45) is 0 Å². The van der Waals surface area contributed by atoms with Crippen molar-refractivity contribution < 1.29 is 0 Å². The zero-order valence-electron chi connectivity index (χ0n) is 24.6. The maximum absolute atomic E-state index is 2.47. The van der Waals surface area contributed by atoms with Gasteiger partial charge in [0.25, 0.3) is 0 Å². The smallest absolute Gasteiger partial charge is 0.0541 e. The van der Waals surface area contributed by atoms with Crippen LogP contribution in [0.2, 0.25) is 0 Å². The lowest BCUT2D eigenvalue weighted by molar-refractivity contribution is 1.12. The zero-order chi connectivity index (χ0) is 29.5. The highest BCUT2D eigenvalue weighted by atomic mass is 15.0. The van der Waals surface area contributed by atoms with Crippen molar-refractivity contribution >= 4 is 43.6 Å². The van der Waals surface area contributed by atoms with E-state index in [9.17, 15) is 0 Å². The van der Waals surface area contributed by atoms with Crippen molar-refractivity contribution in [2.75, 3.05) is 0 Å². The number of rotatable bonds is 3. The third-order valence-corrected chi connectivity index (χ3v) is 9.76. The molecule has 0 radical (unpaired) electrons. The van der Waals surface area contributed by atoms with Crippen LogP contribution in [0.5, 0.6) is 0 Å². The van der Waals surface area contributed by atoms with Gasteiger partial charge in [0, 0.05) is 33.7 Å². The highest BCUT2D eigenvalue weighted by molar-refractivity contribution is 6.11. The predicted octanol–water partition coefficient (Wildman–Crippen LogP) is 11.1. The number of benzene rings is 7. The van der Waals surface area contributed by atoms with E-state index in [4.69, 9.17) is 0 Å². The number of fused-ring (bicyclic) bond motifs is 9. The Hall–Kier alpha value is -5.86. The van der Waals surface area contributed by atoms with E-state index in [-0.39, 0.29) is 0 Å². The predicted molar refractivity (Wildman–Crippen MR) is 189 cm³/mol. The average molecular weight is 573 g/mol. The molecule has 45 heavy (non-hydrogen) atoms. The van der Waals surface area contributed by atoms with Gasteiger partial charge in [-0.25, -0.2) is 0 Å². The minimum atomic E-state index is 0.926. The molecule has 2 heteroatoms. The second-order valence-corrected chi connectivity index (χ2v) is 12.1. The Labute approximate surface area is 261 Å². The zero-order valence-corrected chi connectivity index (χ0v) is 24.6. The highest BCUT2D eigenvalue weighted by Gasteiger charge is 2.25. The molecule has 0 N–H and O–H groups in total. The lowest BCUT2D eigenvalue weighted by Gasteiger charge is -2.13. The van der Waals surface area contributed by atoms with E-state index in [2.05, 4.69) is 167 Å². The molecule has 0 bridgehead atoms. The Morgan fingerprint density at radius 1 is 0.378 bits per heavy atom. The summed E-state index contributed by atoms with van der Waals surface area (Å²) in [6.45, 7) is 0. The molecule has 2 heterocycles. The third-order valence-electron chi connectivity index (χ3n) is 9.76. The summed E-state index contributed by atoms with van der Waals surface area (Å²) in [6, 6.07) is 57.8. The van der Waals surface area contributed by atoms with Gasteiger partial charge in [0.05, 0.1) is 27.8 Å². The highest BCUT2D eigenvalue weighted by Crippen LogP contribution is 2.44. The fourth-order valence-electron chi connectivity index (χ4n) is 7.76. The summed E-state index contributed by atoms with van der Waals surface area (Å²) in [7, 11) is 0. The SMILES string of the molecule is c1ccc(-c2ccc3c(c2)c2ccccc2n3-c2ccc3c(c2)-c2cccc(-n4c5ccccc5c5ccccc54)c2C3)cc1. The van der Waals surface area contributed by atoms with Crippen LogP contribution in [0.4, 0.5) is 0 Å². The van der Waals surface area contributed by atoms with Gasteiger partial charge < -0.3 is 9.13 Å². The molecule has 2 nitrogen and oxygen atoms in total. The maximum Gasteiger partial charge on any atom is 0.0541 e. The normalized spacial score (nSPS) is 12.4. The molecule has 10 rings (SSSR count). The minimum absolute atomic E-state index is 0.926. The van der Waals surface area contributed by atoms with Crippen molar-refractivity contribution in [3.05, 3.63) is 169 Å². The van der Waals surface area contributed by atoms with E-state index in [0.717, 1.165) is 6.42 Å². The molecule has 1 aliphatic carbocycles. The van der Waals surface area contributed by atoms with Crippen molar-refractivity contribution in [3.8, 4) is 33.6 Å². The molecule has 210 valence electrons. The Morgan fingerprint density at radius 2 is 1.00 bits per heavy atom. The number of hydrogen-bond acceptors (Lipinski definition) is 0. The number of hydrogen-bond donors (Lipinski definition) is 0. The van der Waals surface area contributed by atoms with Gasteiger partial charge in [-0.3, -0.25) is 0 Å². The van der Waals surface area contributed by atoms with Crippen LogP contribution in [0.15, 0.2) is 158 Å². The Morgan fingerprint density at radius 3 is 1.73 bits per heavy atom. The first kappa shape index (κ1) is 24.6. The van der Waals surface area contributed by atoms with Crippen molar-refractivity contribution in [2.45, 2.75) is 6.42 Å². The van der Waals surface area contributed by atoms with Crippen LogP contribution in [0, 0.1) is 0 Å². The minimum Gasteiger partial charge on any atom is -0.309 e. The quantitative estimate of drug-likeness (QED) is 0.199. The van der Waals surface area contributed by atoms with Crippen LogP contribution in [-0.4, -0.2) is 9.13 Å². The number of nitrogens with zero attached hydrogens (tertiary/aromatic N) is 2. The monoisotopic (exact) mass is 572 g/mol. The molecule has 0 amide bonds. The lowest BCUT2D eigenvalue weighted by atomic mass is 10.0. The van der Waals surface area contributed by atoms with Gasteiger partial charge in [0.2, 0.25) is 0 Å². The number of para-hydroxylation sites is 3. The topological polar surface area (TPSA) is 9.86 Å². The van der Waals surface area contributed by atoms with E-state index in [1.165, 1.54) is 88.4 Å². The molecule has 0 aliphatic heterocycles. The average Bonchev–Trinajstić information content (AvgIpc) is 3.76. The van der Waals surface area contributed by atoms with E-state index in [1.807, 2.05) is 0 Å². The molecular weight excluding hydrogens is 544 g/mol. The summed E-state index contributed by atoms with van der Waals surface area (Å²) < 4.78 is 4.90. The molecule has 9 aromatic rings. The lowest BCUT2D eigenvalue weighted by Crippen LogP contribution is -1.98. The molecule has 0 saturated carbocycles. The molecular formula is C43H28N2. The Balaban J connectivity index is 1.17. The molecule has 0 atom stereocenters. The summed E-state index contributed by atoms with van der Waals surface area (Å²) in [5.41, 5.74) is 15.4. The van der Waals surface area contributed by atoms with Crippen LogP contribution >= 0.6 is 0 Å². The summed E-state index contributed by atoms with van der Waals surface area (Å²) >= 11 is 0. The Kier molecular flexibility index (Phi) is 5.09. The van der Waals surface area contributed by atoms with Crippen molar-refractivity contribution in [3.63, 3.8) is 0 Å². The van der Waals surface area contributed by atoms with Crippen LogP contribution in [0.3, 0.4) is 0 Å². The van der Waals surface area contributed by atoms with Gasteiger partial charge in [-0.2, -0.15) is 0 Å². The molecule has 0 saturated heterocycles. The van der Waals surface area contributed by atoms with Crippen LogP contribution in [-0.2, 0) is 6.42 Å². The van der Waals surface area contributed by atoms with Gasteiger partial charge in [-0.1, -0.05) is 109 Å². The first-order chi connectivity index (χ1) is 22.3. The first-order valence-electron chi connectivity index (χ1n) is 15.7. The first-order valence-corrected chi connectivity index (χ1v) is 15.7. The number of aromatic nitrogens is 2. The molecule has 0 unspecified atom stereocenters. The fraction of sp³-hybridized carbons (Fsp3) is 0.0233. The van der Waals surface area contributed by atoms with Gasteiger partial charge in [0.1, 0.15) is 0 Å². The van der Waals surface area contributed by atoms with Crippen LogP contribution < -0.4 is 0 Å². The van der Waals surface area contributed by atoms with Gasteiger partial charge >= 0.3 is 0 Å². The van der Waals surface area contributed by atoms with E-state index in [0.29, 0.717) is 0 Å². The summed E-state index contributed by atoms with van der Waals surface area (Å²) in [4.78, 5) is 0. The van der Waals surface area contributed by atoms with Gasteiger partial charge in [-0.15, -0.1) is 0 Å². The van der Waals surface area contributed by atoms with E-state index >= 15 is 0 Å². The maximum atomic E-state index is 2.47. The van der Waals surface area contributed by atoms with E-state index < -0.39 is 0 Å². The van der Waals surface area contributed by atoms with Crippen molar-refractivity contribution in [1.82, 2.24) is 9.13 Å². The van der Waals surface area contributed by atoms with Crippen LogP contribution in [0.1, 0.15) is 11.1 Å². The molecule has 7 aromatic carbocycles. The standard InChI is InChI=1S/C43H28N2/c1-2-11-28(12-3-1)29-22-24-43-38(25-29)35-15-6-7-17-39(35)44(43)31-23-21-30-26-37-32(36(30)27-31)16-10-20-42(37)45-40-18-8-4-13-33(40)34-14-5-9-19-41(34)45/h1-25,27H,26H2. The summed E-state index contributed by atoms with van der Waals surface area (Å²) in [6.07, 6.45) is 0.926. The molecule has 1 aliphatic rings. The second-order valence-electron chi connectivity index (χ2n) is 12.1. The van der Waals surface area contributed by atoms with Crippen molar-refractivity contribution in [1.29, 1.82) is 0 Å². The molecule has 2 aromatic heterocycles. The Bertz CT molecular complexity index is 2560. The molecule has 0 fully saturated rings. The third kappa shape index (κ3) is 3.51. The largest absolute Gasteiger partial charge is 0.309 e. The van der Waals surface area contributed by atoms with E-state index in [1.54, 1.807) is 0 Å². The van der Waals surface area contributed by atoms with Gasteiger partial charge in [-0.05, 0) is 81.9 Å². The van der Waals surface area contributed by atoms with Gasteiger partial charge in [0.15, 0.2) is 0 Å². The summed E-state index contributed by atoms with van der Waals surface area (Å²) in [5, 5.41) is 5.15. The molecule has 0 spiro atoms. The second kappa shape index (κ2) is 9.32. The summed E-state index contributed by atoms with van der Waals surface area (Å²) in [5.74, 6) is 0. The fourth-order valence-corrected chi connectivity index (χ4v) is 7.76.